The number of hydrogen-bond acceptors (Lipinski definition) is 6. The zero-order chi connectivity index (χ0) is 18.6. The molecule has 1 aromatic heterocycles. The minimum absolute atomic E-state index is 0.0885. The number of amides is 1. The Labute approximate surface area is 154 Å². The van der Waals surface area contributed by atoms with Crippen molar-refractivity contribution in [2.45, 2.75) is 25.9 Å². The predicted octanol–water partition coefficient (Wildman–Crippen LogP) is 1.62. The van der Waals surface area contributed by atoms with Crippen molar-refractivity contribution in [1.82, 2.24) is 20.3 Å². The van der Waals surface area contributed by atoms with Crippen molar-refractivity contribution in [2.24, 2.45) is 0 Å². The highest BCUT2D eigenvalue weighted by Crippen LogP contribution is 2.32. The fourth-order valence-electron chi connectivity index (χ4n) is 2.90. The number of rotatable bonds is 6. The summed E-state index contributed by atoms with van der Waals surface area (Å²) in [7, 11) is 0. The highest BCUT2D eigenvalue weighted by molar-refractivity contribution is 5.76. The molecule has 8 heteroatoms. The van der Waals surface area contributed by atoms with Gasteiger partial charge < -0.3 is 14.8 Å². The maximum Gasteiger partial charge on any atom is 0.277 e. The van der Waals surface area contributed by atoms with Gasteiger partial charge in [-0.25, -0.2) is 4.68 Å². The van der Waals surface area contributed by atoms with E-state index in [9.17, 15) is 9.59 Å². The van der Waals surface area contributed by atoms with Crippen LogP contribution in [0.15, 0.2) is 47.3 Å². The second-order valence-corrected chi connectivity index (χ2v) is 6.20. The lowest BCUT2D eigenvalue weighted by Gasteiger charge is -2.07. The van der Waals surface area contributed by atoms with Crippen molar-refractivity contribution >= 4 is 16.8 Å². The predicted molar refractivity (Wildman–Crippen MR) is 97.4 cm³/mol. The van der Waals surface area contributed by atoms with Gasteiger partial charge in [0, 0.05) is 19.5 Å². The zero-order valence-corrected chi connectivity index (χ0v) is 14.6. The summed E-state index contributed by atoms with van der Waals surface area (Å²) in [6, 6.07) is 12.6. The molecule has 4 rings (SSSR count). The van der Waals surface area contributed by atoms with Gasteiger partial charge in [0.25, 0.3) is 5.56 Å². The standard InChI is InChI=1S/C19H18N4O4/c24-18(20-11-13-7-8-16-17(10-13)27-12-26-16)6-3-9-23-19(25)14-4-1-2-5-15(14)21-22-23/h1-2,4-5,7-8,10H,3,6,9,11-12H2,(H,20,24). The van der Waals surface area contributed by atoms with Crippen LogP contribution >= 0.6 is 0 Å². The third-order valence-corrected chi connectivity index (χ3v) is 4.33. The van der Waals surface area contributed by atoms with E-state index in [1.165, 1.54) is 4.68 Å². The molecule has 8 nitrogen and oxygen atoms in total. The Balaban J connectivity index is 1.28. The van der Waals surface area contributed by atoms with Crippen LogP contribution in [0.3, 0.4) is 0 Å². The number of hydrogen-bond donors (Lipinski definition) is 1. The van der Waals surface area contributed by atoms with E-state index in [2.05, 4.69) is 15.6 Å². The summed E-state index contributed by atoms with van der Waals surface area (Å²) in [5.74, 6) is 1.32. The van der Waals surface area contributed by atoms with Gasteiger partial charge in [-0.1, -0.05) is 23.4 Å². The average molecular weight is 366 g/mol. The van der Waals surface area contributed by atoms with Gasteiger partial charge in [0.05, 0.1) is 5.39 Å². The van der Waals surface area contributed by atoms with Crippen LogP contribution in [0.4, 0.5) is 0 Å². The van der Waals surface area contributed by atoms with Crippen LogP contribution in [0.1, 0.15) is 18.4 Å². The molecule has 1 aliphatic rings. The first-order chi connectivity index (χ1) is 13.2. The lowest BCUT2D eigenvalue weighted by atomic mass is 10.2. The van der Waals surface area contributed by atoms with Crippen LogP contribution in [0, 0.1) is 0 Å². The molecular weight excluding hydrogens is 348 g/mol. The summed E-state index contributed by atoms with van der Waals surface area (Å²) < 4.78 is 11.9. The summed E-state index contributed by atoms with van der Waals surface area (Å²) in [6.45, 7) is 0.974. The lowest BCUT2D eigenvalue weighted by Crippen LogP contribution is -2.26. The molecule has 138 valence electrons. The molecule has 27 heavy (non-hydrogen) atoms. The molecule has 0 atom stereocenters. The quantitative estimate of drug-likeness (QED) is 0.712. The van der Waals surface area contributed by atoms with Gasteiger partial charge >= 0.3 is 0 Å². The van der Waals surface area contributed by atoms with E-state index in [-0.39, 0.29) is 18.3 Å². The van der Waals surface area contributed by atoms with Crippen molar-refractivity contribution in [2.75, 3.05) is 6.79 Å². The number of aromatic nitrogens is 3. The first-order valence-corrected chi connectivity index (χ1v) is 8.68. The number of nitrogens with one attached hydrogen (secondary N) is 1. The molecule has 2 heterocycles. The molecule has 0 bridgehead atoms. The molecule has 0 fully saturated rings. The van der Waals surface area contributed by atoms with Gasteiger partial charge in [0.1, 0.15) is 5.52 Å². The molecule has 2 aromatic carbocycles. The zero-order valence-electron chi connectivity index (χ0n) is 14.6. The Morgan fingerprint density at radius 3 is 2.93 bits per heavy atom. The number of aryl methyl sites for hydroxylation is 1. The molecule has 0 unspecified atom stereocenters. The maximum absolute atomic E-state index is 12.3. The molecule has 1 aliphatic heterocycles. The third-order valence-electron chi connectivity index (χ3n) is 4.33. The summed E-state index contributed by atoms with van der Waals surface area (Å²) in [5.41, 5.74) is 1.31. The van der Waals surface area contributed by atoms with Gasteiger partial charge in [-0.3, -0.25) is 9.59 Å². The smallest absolute Gasteiger partial charge is 0.277 e. The Morgan fingerprint density at radius 1 is 1.15 bits per heavy atom. The molecule has 0 aliphatic carbocycles. The van der Waals surface area contributed by atoms with Crippen molar-refractivity contribution in [3.8, 4) is 11.5 Å². The molecule has 1 amide bonds. The Morgan fingerprint density at radius 2 is 2.00 bits per heavy atom. The fourth-order valence-corrected chi connectivity index (χ4v) is 2.90. The van der Waals surface area contributed by atoms with Crippen molar-refractivity contribution in [3.63, 3.8) is 0 Å². The van der Waals surface area contributed by atoms with E-state index in [1.54, 1.807) is 18.2 Å². The van der Waals surface area contributed by atoms with Gasteiger partial charge in [-0.2, -0.15) is 0 Å². The molecule has 1 N–H and O–H groups in total. The van der Waals surface area contributed by atoms with Gasteiger partial charge in [0.2, 0.25) is 12.7 Å². The average Bonchev–Trinajstić information content (AvgIpc) is 3.16. The lowest BCUT2D eigenvalue weighted by molar-refractivity contribution is -0.121. The van der Waals surface area contributed by atoms with E-state index in [4.69, 9.17) is 9.47 Å². The summed E-state index contributed by atoms with van der Waals surface area (Å²) in [5, 5.41) is 11.4. The fraction of sp³-hybridized carbons (Fsp3) is 0.263. The van der Waals surface area contributed by atoms with Crippen LogP contribution in [0.2, 0.25) is 0 Å². The number of fused-ring (bicyclic) bond motifs is 2. The molecule has 0 saturated heterocycles. The van der Waals surface area contributed by atoms with Crippen LogP contribution in [0.5, 0.6) is 11.5 Å². The number of carbonyl (C=O) groups is 1. The largest absolute Gasteiger partial charge is 0.454 e. The number of ether oxygens (including phenoxy) is 2. The number of carbonyl (C=O) groups excluding carboxylic acids is 1. The SMILES string of the molecule is O=C(CCCn1nnc2ccccc2c1=O)NCc1ccc2c(c1)OCO2. The Kier molecular flexibility index (Phi) is 4.69. The van der Waals surface area contributed by atoms with E-state index in [1.807, 2.05) is 24.3 Å². The summed E-state index contributed by atoms with van der Waals surface area (Å²) >= 11 is 0. The number of nitrogens with zero attached hydrogens (tertiary/aromatic N) is 3. The molecule has 3 aromatic rings. The molecular formula is C19H18N4O4. The van der Waals surface area contributed by atoms with E-state index in [0.717, 1.165) is 5.56 Å². The van der Waals surface area contributed by atoms with Crippen LogP contribution < -0.4 is 20.3 Å². The minimum Gasteiger partial charge on any atom is -0.454 e. The normalized spacial score (nSPS) is 12.3. The van der Waals surface area contributed by atoms with Crippen molar-refractivity contribution in [3.05, 3.63) is 58.4 Å². The van der Waals surface area contributed by atoms with E-state index >= 15 is 0 Å². The summed E-state index contributed by atoms with van der Waals surface area (Å²) in [6.07, 6.45) is 0.797. The first-order valence-electron chi connectivity index (χ1n) is 8.68. The van der Waals surface area contributed by atoms with Crippen LogP contribution in [-0.4, -0.2) is 27.7 Å². The molecule has 0 saturated carbocycles. The van der Waals surface area contributed by atoms with E-state index in [0.29, 0.717) is 48.3 Å². The second-order valence-electron chi connectivity index (χ2n) is 6.20. The summed E-state index contributed by atoms with van der Waals surface area (Å²) in [4.78, 5) is 24.4. The van der Waals surface area contributed by atoms with Gasteiger partial charge in [0.15, 0.2) is 11.5 Å². The van der Waals surface area contributed by atoms with Crippen molar-refractivity contribution in [1.29, 1.82) is 0 Å². The van der Waals surface area contributed by atoms with E-state index < -0.39 is 0 Å². The van der Waals surface area contributed by atoms with Gasteiger partial charge in [-0.15, -0.1) is 5.10 Å². The second kappa shape index (κ2) is 7.45. The monoisotopic (exact) mass is 366 g/mol. The van der Waals surface area contributed by atoms with Crippen molar-refractivity contribution < 1.29 is 14.3 Å². The van der Waals surface area contributed by atoms with Crippen LogP contribution in [-0.2, 0) is 17.9 Å². The highest BCUT2D eigenvalue weighted by Gasteiger charge is 2.13. The topological polar surface area (TPSA) is 95.3 Å². The first kappa shape index (κ1) is 17.0. The minimum atomic E-state index is -0.193. The Bertz CT molecular complexity index is 1050. The molecule has 0 radical (unpaired) electrons. The Hall–Kier alpha value is -3.42. The molecule has 0 spiro atoms. The highest BCUT2D eigenvalue weighted by atomic mass is 16.7. The number of benzene rings is 2. The van der Waals surface area contributed by atoms with Crippen LogP contribution in [0.25, 0.3) is 10.9 Å². The van der Waals surface area contributed by atoms with Gasteiger partial charge in [-0.05, 0) is 36.2 Å². The maximum atomic E-state index is 12.3. The third kappa shape index (κ3) is 3.74.